The van der Waals surface area contributed by atoms with Crippen molar-refractivity contribution >= 4 is 39.9 Å². The van der Waals surface area contributed by atoms with Crippen LogP contribution in [0.25, 0.3) is 24.3 Å². The Kier molecular flexibility index (Phi) is 20.1. The predicted molar refractivity (Wildman–Crippen MR) is 274 cm³/mol. The first-order valence-corrected chi connectivity index (χ1v) is 26.8. The Balaban J connectivity index is 0.939. The van der Waals surface area contributed by atoms with Crippen molar-refractivity contribution in [1.82, 2.24) is 19.1 Å². The van der Waals surface area contributed by atoms with Crippen molar-refractivity contribution in [1.29, 1.82) is 0 Å². The molecule has 3 aromatic carbocycles. The van der Waals surface area contributed by atoms with Gasteiger partial charge in [-0.1, -0.05) is 72.8 Å². The van der Waals surface area contributed by atoms with Gasteiger partial charge in [-0.2, -0.15) is 0 Å². The number of benzene rings is 3. The highest BCUT2D eigenvalue weighted by molar-refractivity contribution is 7.47. The molecule has 2 aliphatic rings. The van der Waals surface area contributed by atoms with Gasteiger partial charge < -0.3 is 48.4 Å². The molecule has 0 radical (unpaired) electrons. The number of aliphatic hydroxyl groups is 2. The lowest BCUT2D eigenvalue weighted by atomic mass is 10.0. The molecule has 5 aromatic rings. The van der Waals surface area contributed by atoms with Crippen LogP contribution in [0.1, 0.15) is 69.8 Å². The molecule has 4 heterocycles. The standard InChI is InChI=1S/C50H60N4O20P2/c1-31-25-53(49(59)51-47(31)57)45-23-39(55)43(73-45)29-71-75(61,62)69-27-35-9-5-33(6-10-35)13-15-37-21-42(68-20-18-66-4)38(22-41(37)67-19-17-65-3)16-14-34-7-11-36(12-8-34)28-70-76(63,64)72-30-44-40(56)24-46(74-44)54-26-32(2)48(58)52-50(54)60/h5-16,21-22,25-26,39-40,43-46,55-56H,17-20,23-24,27-30H2,1-4H3,(H,61,62)(H,63,64)(H,51,57,59)(H,52,58,60)/b15-13+,16-14+/t39-,40-,43+,44+,45+,46+/m0/s1. The summed E-state index contributed by atoms with van der Waals surface area (Å²) < 4.78 is 82.7. The summed E-state index contributed by atoms with van der Waals surface area (Å²) >= 11 is 0. The van der Waals surface area contributed by atoms with E-state index in [0.717, 1.165) is 20.3 Å². The Labute approximate surface area is 434 Å². The molecule has 2 fully saturated rings. The molecular formula is C50H60N4O20P2. The number of methoxy groups -OCH3 is 2. The lowest BCUT2D eigenvalue weighted by molar-refractivity contribution is -0.0468. The predicted octanol–water partition coefficient (Wildman–Crippen LogP) is 4.36. The molecule has 2 unspecified atom stereocenters. The number of ether oxygens (including phenoxy) is 6. The molecule has 0 bridgehead atoms. The number of H-pyrrole nitrogens is 2. The number of rotatable bonds is 26. The highest BCUT2D eigenvalue weighted by atomic mass is 31.2. The number of aromatic nitrogens is 4. The third-order valence-corrected chi connectivity index (χ3v) is 13.9. The summed E-state index contributed by atoms with van der Waals surface area (Å²) in [4.78, 5) is 73.3. The van der Waals surface area contributed by atoms with E-state index in [1.807, 2.05) is 36.4 Å². The number of aliphatic hydroxyl groups excluding tert-OH is 2. The van der Waals surface area contributed by atoms with Crippen LogP contribution in [-0.4, -0.2) is 117 Å². The van der Waals surface area contributed by atoms with Gasteiger partial charge in [0.1, 0.15) is 49.4 Å². The molecule has 2 aliphatic heterocycles. The highest BCUT2D eigenvalue weighted by Gasteiger charge is 2.39. The number of phosphoric ester groups is 2. The van der Waals surface area contributed by atoms with Gasteiger partial charge in [-0.25, -0.2) is 18.7 Å². The van der Waals surface area contributed by atoms with E-state index in [0.29, 0.717) is 47.0 Å². The lowest BCUT2D eigenvalue weighted by Gasteiger charge is -2.18. The summed E-state index contributed by atoms with van der Waals surface area (Å²) in [6.45, 7) is 2.59. The van der Waals surface area contributed by atoms with Crippen molar-refractivity contribution in [3.05, 3.63) is 159 Å². The molecule has 24 nitrogen and oxygen atoms in total. The maximum absolute atomic E-state index is 12.8. The van der Waals surface area contributed by atoms with E-state index in [4.69, 9.17) is 46.5 Å². The SMILES string of the molecule is COCCOc1cc(/C=C/c2ccc(COP(=O)(O)OC[C@H]3O[C@@H](n4cc(C)c(=O)[nH]c4=O)C[C@@H]3O)cc2)c(OCCOC)cc1/C=C/c1ccc(COP(=O)(O)OC[C@H]2O[C@@H](n3cc(C)c(=O)[nH]c3=O)C[C@@H]2O)cc1. The summed E-state index contributed by atoms with van der Waals surface area (Å²) in [5.41, 5.74) is 2.01. The monoisotopic (exact) mass is 1100 g/mol. The van der Waals surface area contributed by atoms with Crippen LogP contribution < -0.4 is 32.0 Å². The van der Waals surface area contributed by atoms with Crippen molar-refractivity contribution in [2.45, 2.75) is 76.8 Å². The zero-order valence-corrected chi connectivity index (χ0v) is 43.7. The summed E-state index contributed by atoms with van der Waals surface area (Å²) in [5.74, 6) is 1.05. The third kappa shape index (κ3) is 16.1. The minimum absolute atomic E-state index is 0.0201. The van der Waals surface area contributed by atoms with Crippen LogP contribution in [-0.2, 0) is 59.4 Å². The smallest absolute Gasteiger partial charge is 0.472 e. The number of nitrogens with one attached hydrogen (secondary N) is 2. The highest BCUT2D eigenvalue weighted by Crippen LogP contribution is 2.46. The Morgan fingerprint density at radius 2 is 0.974 bits per heavy atom. The number of aromatic amines is 2. The number of aryl methyl sites for hydroxylation is 2. The van der Waals surface area contributed by atoms with Crippen molar-refractivity contribution < 1.29 is 75.6 Å². The minimum atomic E-state index is -4.62. The van der Waals surface area contributed by atoms with Gasteiger partial charge in [-0.05, 0) is 48.2 Å². The maximum atomic E-state index is 12.8. The molecule has 2 saturated heterocycles. The van der Waals surface area contributed by atoms with E-state index in [1.54, 1.807) is 62.8 Å². The van der Waals surface area contributed by atoms with Gasteiger partial charge >= 0.3 is 27.0 Å². The van der Waals surface area contributed by atoms with Gasteiger partial charge in [-0.3, -0.25) is 46.8 Å². The van der Waals surface area contributed by atoms with Crippen molar-refractivity contribution in [3.63, 3.8) is 0 Å². The average Bonchev–Trinajstić information content (AvgIpc) is 3.96. The second-order valence-corrected chi connectivity index (χ2v) is 20.6. The van der Waals surface area contributed by atoms with Crippen LogP contribution >= 0.6 is 15.6 Å². The Morgan fingerprint density at radius 1 is 0.592 bits per heavy atom. The van der Waals surface area contributed by atoms with Crippen LogP contribution in [0.2, 0.25) is 0 Å². The van der Waals surface area contributed by atoms with E-state index >= 15 is 0 Å². The first-order valence-electron chi connectivity index (χ1n) is 23.8. The summed E-state index contributed by atoms with van der Waals surface area (Å²) in [5, 5.41) is 21.0. The Bertz CT molecular complexity index is 2960. The van der Waals surface area contributed by atoms with Crippen LogP contribution in [0.15, 0.2) is 92.2 Å². The molecule has 8 atom stereocenters. The van der Waals surface area contributed by atoms with Gasteiger partial charge in [-0.15, -0.1) is 0 Å². The number of nitrogens with zero attached hydrogens (tertiary/aromatic N) is 2. The number of hydrogen-bond donors (Lipinski definition) is 6. The molecule has 6 N–H and O–H groups in total. The van der Waals surface area contributed by atoms with Crippen LogP contribution in [0.5, 0.6) is 11.5 Å². The zero-order valence-electron chi connectivity index (χ0n) is 41.9. The average molecular weight is 1100 g/mol. The quantitative estimate of drug-likeness (QED) is 0.0255. The van der Waals surface area contributed by atoms with Crippen LogP contribution in [0, 0.1) is 13.8 Å². The number of hydrogen-bond acceptors (Lipinski definition) is 18. The summed E-state index contributed by atoms with van der Waals surface area (Å²) in [6, 6.07) is 17.6. The maximum Gasteiger partial charge on any atom is 0.472 e. The normalized spacial score (nSPS) is 21.3. The van der Waals surface area contributed by atoms with E-state index < -0.39 is 88.2 Å². The first-order chi connectivity index (χ1) is 36.3. The largest absolute Gasteiger partial charge is 0.491 e. The van der Waals surface area contributed by atoms with Crippen LogP contribution in [0.3, 0.4) is 0 Å². The summed E-state index contributed by atoms with van der Waals surface area (Å²) in [6.07, 6.45) is 3.74. The van der Waals surface area contributed by atoms with Crippen LogP contribution in [0.4, 0.5) is 0 Å². The summed E-state index contributed by atoms with van der Waals surface area (Å²) in [7, 11) is -6.10. The lowest BCUT2D eigenvalue weighted by Crippen LogP contribution is -2.33. The van der Waals surface area contributed by atoms with Gasteiger partial charge in [0, 0.05) is 61.7 Å². The second kappa shape index (κ2) is 26.4. The number of phosphoric acid groups is 2. The van der Waals surface area contributed by atoms with E-state index in [9.17, 15) is 48.3 Å². The minimum Gasteiger partial charge on any atom is -0.491 e. The topological polar surface area (TPSA) is 317 Å². The molecule has 410 valence electrons. The Morgan fingerprint density at radius 3 is 1.34 bits per heavy atom. The zero-order chi connectivity index (χ0) is 54.6. The fraction of sp³-hybridized carbons (Fsp3) is 0.400. The fourth-order valence-electron chi connectivity index (χ4n) is 7.79. The third-order valence-electron chi connectivity index (χ3n) is 12.0. The van der Waals surface area contributed by atoms with Crippen molar-refractivity contribution in [3.8, 4) is 11.5 Å². The molecule has 7 rings (SSSR count). The second-order valence-electron chi connectivity index (χ2n) is 17.7. The molecule has 76 heavy (non-hydrogen) atoms. The van der Waals surface area contributed by atoms with Gasteiger partial charge in [0.15, 0.2) is 0 Å². The molecule has 0 spiro atoms. The first kappa shape index (κ1) is 57.8. The molecule has 26 heteroatoms. The van der Waals surface area contributed by atoms with E-state index in [-0.39, 0.29) is 50.4 Å². The molecule has 0 aliphatic carbocycles. The molecule has 2 aromatic heterocycles. The molecule has 0 amide bonds. The van der Waals surface area contributed by atoms with E-state index in [1.165, 1.54) is 26.2 Å². The van der Waals surface area contributed by atoms with Crippen molar-refractivity contribution in [2.75, 3.05) is 53.9 Å². The van der Waals surface area contributed by atoms with Gasteiger partial charge in [0.2, 0.25) is 0 Å². The Hall–Kier alpha value is -5.92. The molecular weight excluding hydrogens is 1040 g/mol. The molecule has 0 saturated carbocycles. The fourth-order valence-corrected chi connectivity index (χ4v) is 9.23. The van der Waals surface area contributed by atoms with Crippen molar-refractivity contribution in [2.24, 2.45) is 0 Å². The van der Waals surface area contributed by atoms with Gasteiger partial charge in [0.25, 0.3) is 11.1 Å². The van der Waals surface area contributed by atoms with E-state index in [2.05, 4.69) is 9.97 Å². The van der Waals surface area contributed by atoms with Gasteiger partial charge in [0.05, 0.1) is 51.8 Å².